The lowest BCUT2D eigenvalue weighted by Gasteiger charge is -2.12. The number of benzene rings is 1. The summed E-state index contributed by atoms with van der Waals surface area (Å²) in [4.78, 5) is 6.81. The Labute approximate surface area is 118 Å². The zero-order valence-electron chi connectivity index (χ0n) is 10.3. The van der Waals surface area contributed by atoms with Gasteiger partial charge in [-0.1, -0.05) is 23.7 Å². The van der Waals surface area contributed by atoms with E-state index in [1.54, 1.807) is 24.3 Å². The summed E-state index contributed by atoms with van der Waals surface area (Å²) in [5.74, 6) is -1.16. The normalized spacial score (nSPS) is 11.2. The Kier molecular flexibility index (Phi) is 3.99. The van der Waals surface area contributed by atoms with E-state index in [1.165, 1.54) is 13.1 Å². The Morgan fingerprint density at radius 1 is 1.10 bits per heavy atom. The Balaban J connectivity index is 2.39. The maximum absolute atomic E-state index is 12.7. The molecule has 0 aliphatic heterocycles. The summed E-state index contributed by atoms with van der Waals surface area (Å²) in [6.45, 7) is 0. The van der Waals surface area contributed by atoms with Crippen molar-refractivity contribution in [2.24, 2.45) is 0 Å². The Morgan fingerprint density at radius 3 is 2.35 bits per heavy atom. The van der Waals surface area contributed by atoms with Crippen molar-refractivity contribution in [2.75, 3.05) is 17.7 Å². The first-order valence-electron chi connectivity index (χ1n) is 5.56. The average molecular weight is 303 g/mol. The molecular formula is C12H10ClF3N4. The summed E-state index contributed by atoms with van der Waals surface area (Å²) >= 11 is 5.93. The number of nitrogens with zero attached hydrogens (tertiary/aromatic N) is 2. The summed E-state index contributed by atoms with van der Waals surface area (Å²) in [6, 6.07) is 8.04. The molecule has 2 N–H and O–H groups in total. The standard InChI is InChI=1S/C12H10ClF3N4/c1-17-9-6-10(20-11(19-9)12(14,15)16)18-8-5-3-2-4-7(8)13/h2-6H,1H3,(H2,17,18,19,20). The van der Waals surface area contributed by atoms with Crippen molar-refractivity contribution >= 4 is 28.9 Å². The zero-order chi connectivity index (χ0) is 14.8. The number of nitrogens with one attached hydrogen (secondary N) is 2. The second-order valence-corrected chi connectivity index (χ2v) is 4.22. The molecule has 1 aromatic carbocycles. The van der Waals surface area contributed by atoms with Gasteiger partial charge >= 0.3 is 6.18 Å². The lowest BCUT2D eigenvalue weighted by Crippen LogP contribution is -2.13. The van der Waals surface area contributed by atoms with Crippen molar-refractivity contribution in [3.8, 4) is 0 Å². The van der Waals surface area contributed by atoms with Gasteiger partial charge in [-0.05, 0) is 12.1 Å². The fourth-order valence-electron chi connectivity index (χ4n) is 1.47. The van der Waals surface area contributed by atoms with Gasteiger partial charge in [0.05, 0.1) is 10.7 Å². The highest BCUT2D eigenvalue weighted by Crippen LogP contribution is 2.30. The van der Waals surface area contributed by atoms with Crippen LogP contribution in [0.15, 0.2) is 30.3 Å². The lowest BCUT2D eigenvalue weighted by atomic mass is 10.3. The minimum absolute atomic E-state index is 0.00442. The van der Waals surface area contributed by atoms with E-state index in [9.17, 15) is 13.2 Å². The largest absolute Gasteiger partial charge is 0.451 e. The fourth-order valence-corrected chi connectivity index (χ4v) is 1.65. The van der Waals surface area contributed by atoms with Gasteiger partial charge in [-0.3, -0.25) is 0 Å². The molecule has 20 heavy (non-hydrogen) atoms. The summed E-state index contributed by atoms with van der Waals surface area (Å²) in [5.41, 5.74) is 0.461. The third-order valence-electron chi connectivity index (χ3n) is 2.37. The number of aromatic nitrogens is 2. The van der Waals surface area contributed by atoms with E-state index >= 15 is 0 Å². The van der Waals surface area contributed by atoms with Gasteiger partial charge in [0.1, 0.15) is 11.6 Å². The van der Waals surface area contributed by atoms with Gasteiger partial charge in [0.15, 0.2) is 0 Å². The third kappa shape index (κ3) is 3.30. The predicted molar refractivity (Wildman–Crippen MR) is 71.3 cm³/mol. The van der Waals surface area contributed by atoms with E-state index in [0.29, 0.717) is 10.7 Å². The summed E-state index contributed by atoms with van der Waals surface area (Å²) in [7, 11) is 1.47. The topological polar surface area (TPSA) is 49.8 Å². The average Bonchev–Trinajstić information content (AvgIpc) is 2.40. The molecule has 4 nitrogen and oxygen atoms in total. The van der Waals surface area contributed by atoms with Crippen LogP contribution >= 0.6 is 11.6 Å². The quantitative estimate of drug-likeness (QED) is 0.902. The van der Waals surface area contributed by atoms with Gasteiger partial charge in [0.2, 0.25) is 5.82 Å². The van der Waals surface area contributed by atoms with E-state index in [4.69, 9.17) is 11.6 Å². The van der Waals surface area contributed by atoms with Crippen molar-refractivity contribution < 1.29 is 13.2 Å². The molecule has 0 saturated carbocycles. The zero-order valence-corrected chi connectivity index (χ0v) is 11.0. The first-order chi connectivity index (χ1) is 9.40. The van der Waals surface area contributed by atoms with Crippen LogP contribution in [0.5, 0.6) is 0 Å². The van der Waals surface area contributed by atoms with Gasteiger partial charge in [0, 0.05) is 13.1 Å². The van der Waals surface area contributed by atoms with Crippen molar-refractivity contribution in [1.82, 2.24) is 9.97 Å². The number of para-hydroxylation sites is 1. The first-order valence-corrected chi connectivity index (χ1v) is 5.93. The van der Waals surface area contributed by atoms with Crippen LogP contribution in [-0.2, 0) is 6.18 Å². The number of hydrogen-bond acceptors (Lipinski definition) is 4. The third-order valence-corrected chi connectivity index (χ3v) is 2.70. The molecule has 0 saturated heterocycles. The maximum Gasteiger partial charge on any atom is 0.451 e. The van der Waals surface area contributed by atoms with E-state index in [-0.39, 0.29) is 11.6 Å². The molecule has 8 heteroatoms. The molecular weight excluding hydrogens is 293 g/mol. The van der Waals surface area contributed by atoms with Crippen LogP contribution in [0.1, 0.15) is 5.82 Å². The Hall–Kier alpha value is -2.02. The Bertz CT molecular complexity index is 616. The number of rotatable bonds is 3. The van der Waals surface area contributed by atoms with Gasteiger partial charge < -0.3 is 10.6 Å². The minimum atomic E-state index is -4.62. The van der Waals surface area contributed by atoms with Crippen LogP contribution in [0, 0.1) is 0 Å². The van der Waals surface area contributed by atoms with Gasteiger partial charge in [-0.25, -0.2) is 9.97 Å². The molecule has 106 valence electrons. The van der Waals surface area contributed by atoms with Crippen LogP contribution in [-0.4, -0.2) is 17.0 Å². The highest BCUT2D eigenvalue weighted by Gasteiger charge is 2.35. The van der Waals surface area contributed by atoms with Crippen LogP contribution in [0.25, 0.3) is 0 Å². The number of alkyl halides is 3. The first kappa shape index (κ1) is 14.4. The van der Waals surface area contributed by atoms with Crippen molar-refractivity contribution in [2.45, 2.75) is 6.18 Å². The molecule has 2 rings (SSSR count). The fraction of sp³-hybridized carbons (Fsp3) is 0.167. The monoisotopic (exact) mass is 302 g/mol. The van der Waals surface area contributed by atoms with Crippen LogP contribution in [0.2, 0.25) is 5.02 Å². The van der Waals surface area contributed by atoms with E-state index < -0.39 is 12.0 Å². The van der Waals surface area contributed by atoms with Crippen LogP contribution < -0.4 is 10.6 Å². The highest BCUT2D eigenvalue weighted by atomic mass is 35.5. The molecule has 0 spiro atoms. The van der Waals surface area contributed by atoms with Gasteiger partial charge in [-0.2, -0.15) is 13.2 Å². The molecule has 2 aromatic rings. The Morgan fingerprint density at radius 2 is 1.75 bits per heavy atom. The molecule has 0 radical (unpaired) electrons. The van der Waals surface area contributed by atoms with E-state index in [2.05, 4.69) is 20.6 Å². The molecule has 1 heterocycles. The summed E-state index contributed by atoms with van der Waals surface area (Å²) in [5, 5.41) is 5.67. The molecule has 0 aliphatic rings. The SMILES string of the molecule is CNc1cc(Nc2ccccc2Cl)nc(C(F)(F)F)n1. The van der Waals surface area contributed by atoms with Crippen molar-refractivity contribution in [1.29, 1.82) is 0 Å². The summed E-state index contributed by atoms with van der Waals surface area (Å²) < 4.78 is 38.1. The smallest absolute Gasteiger partial charge is 0.373 e. The van der Waals surface area contributed by atoms with Gasteiger partial charge in [0.25, 0.3) is 0 Å². The number of anilines is 3. The highest BCUT2D eigenvalue weighted by molar-refractivity contribution is 6.33. The van der Waals surface area contributed by atoms with Crippen LogP contribution in [0.4, 0.5) is 30.5 Å². The maximum atomic E-state index is 12.7. The molecule has 1 aromatic heterocycles. The molecule has 0 aliphatic carbocycles. The lowest BCUT2D eigenvalue weighted by molar-refractivity contribution is -0.144. The number of halogens is 4. The molecule has 0 fully saturated rings. The minimum Gasteiger partial charge on any atom is -0.373 e. The number of hydrogen-bond donors (Lipinski definition) is 2. The van der Waals surface area contributed by atoms with E-state index in [0.717, 1.165) is 0 Å². The molecule has 0 bridgehead atoms. The van der Waals surface area contributed by atoms with E-state index in [1.807, 2.05) is 0 Å². The molecule has 0 atom stereocenters. The van der Waals surface area contributed by atoms with Crippen LogP contribution in [0.3, 0.4) is 0 Å². The molecule has 0 unspecified atom stereocenters. The summed E-state index contributed by atoms with van der Waals surface area (Å²) in [6.07, 6.45) is -4.62. The molecule has 0 amide bonds. The second-order valence-electron chi connectivity index (χ2n) is 3.81. The van der Waals surface area contributed by atoms with Gasteiger partial charge in [-0.15, -0.1) is 0 Å². The predicted octanol–water partition coefficient (Wildman–Crippen LogP) is 3.93. The second kappa shape index (κ2) is 5.54. The van der Waals surface area contributed by atoms with Crippen molar-refractivity contribution in [3.05, 3.63) is 41.2 Å². The van der Waals surface area contributed by atoms with Crippen molar-refractivity contribution in [3.63, 3.8) is 0 Å².